The number of rotatable bonds is 6. The Morgan fingerprint density at radius 2 is 1.93 bits per heavy atom. The third-order valence-corrected chi connectivity index (χ3v) is 6.55. The second kappa shape index (κ2) is 8.23. The lowest BCUT2D eigenvalue weighted by atomic mass is 9.98. The molecule has 1 N–H and O–H groups in total. The van der Waals surface area contributed by atoms with Gasteiger partial charge in [0.2, 0.25) is 0 Å². The predicted molar refractivity (Wildman–Crippen MR) is 116 cm³/mol. The van der Waals surface area contributed by atoms with Crippen LogP contribution in [0, 0.1) is 0 Å². The second-order valence-electron chi connectivity index (χ2n) is 9.11. The summed E-state index contributed by atoms with van der Waals surface area (Å²) >= 11 is 0. The van der Waals surface area contributed by atoms with E-state index in [0.717, 1.165) is 25.3 Å². The van der Waals surface area contributed by atoms with Gasteiger partial charge in [0.15, 0.2) is 0 Å². The van der Waals surface area contributed by atoms with Gasteiger partial charge in [0, 0.05) is 23.8 Å². The van der Waals surface area contributed by atoms with Crippen molar-refractivity contribution in [2.75, 3.05) is 24.5 Å². The average Bonchev–Trinajstić information content (AvgIpc) is 3.32. The average molecular weight is 396 g/mol. The highest BCUT2D eigenvalue weighted by Crippen LogP contribution is 2.33. The van der Waals surface area contributed by atoms with E-state index in [-0.39, 0.29) is 11.4 Å². The van der Waals surface area contributed by atoms with Crippen LogP contribution in [-0.2, 0) is 13.0 Å². The first kappa shape index (κ1) is 20.0. The number of anilines is 1. The van der Waals surface area contributed by atoms with Gasteiger partial charge in [-0.05, 0) is 70.8 Å². The molecule has 1 aromatic heterocycles. The number of carbonyl (C=O) groups is 1. The summed E-state index contributed by atoms with van der Waals surface area (Å²) in [4.78, 5) is 17.8. The highest BCUT2D eigenvalue weighted by molar-refractivity contribution is 5.95. The lowest BCUT2D eigenvalue weighted by Crippen LogP contribution is -2.53. The maximum absolute atomic E-state index is 12.9. The first-order valence-corrected chi connectivity index (χ1v) is 10.9. The fourth-order valence-corrected chi connectivity index (χ4v) is 4.69. The Morgan fingerprint density at radius 1 is 1.17 bits per heavy atom. The van der Waals surface area contributed by atoms with Crippen LogP contribution >= 0.6 is 0 Å². The molecule has 1 atom stereocenters. The van der Waals surface area contributed by atoms with Gasteiger partial charge in [-0.3, -0.25) is 9.69 Å². The Bertz CT molecular complexity index is 851. The minimum absolute atomic E-state index is 0.0393. The van der Waals surface area contributed by atoms with Crippen LogP contribution in [0.1, 0.15) is 61.7 Å². The molecule has 1 aromatic carbocycles. The third kappa shape index (κ3) is 4.20. The number of benzene rings is 1. The zero-order chi connectivity index (χ0) is 20.4. The number of furan rings is 1. The van der Waals surface area contributed by atoms with E-state index in [1.807, 2.05) is 0 Å². The molecular formula is C24H33N3O2. The fourth-order valence-electron chi connectivity index (χ4n) is 4.69. The number of amides is 1. The van der Waals surface area contributed by atoms with Crippen molar-refractivity contribution in [1.29, 1.82) is 0 Å². The van der Waals surface area contributed by atoms with Crippen LogP contribution in [0.15, 0.2) is 41.0 Å². The van der Waals surface area contributed by atoms with E-state index in [1.165, 1.54) is 30.5 Å². The number of hydrogen-bond acceptors (Lipinski definition) is 4. The Balaban J connectivity index is 1.42. The molecular weight excluding hydrogens is 362 g/mol. The fraction of sp³-hybridized carbons (Fsp3) is 0.542. The topological polar surface area (TPSA) is 48.7 Å². The van der Waals surface area contributed by atoms with Gasteiger partial charge in [0.05, 0.1) is 18.4 Å². The van der Waals surface area contributed by atoms with Crippen LogP contribution < -0.4 is 10.2 Å². The molecule has 0 radical (unpaired) electrons. The Morgan fingerprint density at radius 3 is 2.72 bits per heavy atom. The molecule has 0 spiro atoms. The number of nitrogens with one attached hydrogen (secondary N) is 1. The number of carbonyl (C=O) groups excluding carboxylic acids is 1. The van der Waals surface area contributed by atoms with E-state index in [2.05, 4.69) is 60.2 Å². The largest absolute Gasteiger partial charge is 0.467 e. The van der Waals surface area contributed by atoms with Crippen molar-refractivity contribution < 1.29 is 9.21 Å². The van der Waals surface area contributed by atoms with Gasteiger partial charge < -0.3 is 14.6 Å². The lowest BCUT2D eigenvalue weighted by molar-refractivity contribution is 0.0796. The summed E-state index contributed by atoms with van der Waals surface area (Å²) in [7, 11) is 0. The van der Waals surface area contributed by atoms with Crippen molar-refractivity contribution in [1.82, 2.24) is 10.2 Å². The van der Waals surface area contributed by atoms with Crippen LogP contribution in [0.3, 0.4) is 0 Å². The molecule has 4 rings (SSSR count). The van der Waals surface area contributed by atoms with Gasteiger partial charge in [-0.1, -0.05) is 24.6 Å². The minimum atomic E-state index is -0.0426. The molecule has 2 aromatic rings. The van der Waals surface area contributed by atoms with Gasteiger partial charge in [-0.25, -0.2) is 0 Å². The van der Waals surface area contributed by atoms with Crippen molar-refractivity contribution in [3.05, 3.63) is 53.5 Å². The van der Waals surface area contributed by atoms with E-state index in [4.69, 9.17) is 4.42 Å². The number of piperidine rings is 1. The summed E-state index contributed by atoms with van der Waals surface area (Å²) in [5.74, 6) is 0.695. The first-order chi connectivity index (χ1) is 14.0. The van der Waals surface area contributed by atoms with Crippen molar-refractivity contribution in [3.8, 4) is 0 Å². The molecule has 1 fully saturated rings. The summed E-state index contributed by atoms with van der Waals surface area (Å²) in [6, 6.07) is 10.7. The maximum Gasteiger partial charge on any atom is 0.254 e. The molecule has 5 heteroatoms. The Kier molecular flexibility index (Phi) is 5.68. The lowest BCUT2D eigenvalue weighted by Gasteiger charge is -2.41. The molecule has 0 bridgehead atoms. The number of nitrogens with zero attached hydrogens (tertiary/aromatic N) is 2. The summed E-state index contributed by atoms with van der Waals surface area (Å²) < 4.78 is 5.75. The van der Waals surface area contributed by atoms with E-state index in [9.17, 15) is 4.79 Å². The smallest absolute Gasteiger partial charge is 0.254 e. The molecule has 1 saturated heterocycles. The van der Waals surface area contributed by atoms with Crippen LogP contribution in [0.2, 0.25) is 0 Å². The molecule has 0 saturated carbocycles. The number of fused-ring (bicyclic) bond motifs is 1. The Hall–Kier alpha value is -2.27. The molecule has 1 unspecified atom stereocenters. The molecule has 0 aliphatic carbocycles. The van der Waals surface area contributed by atoms with Gasteiger partial charge in [-0.15, -0.1) is 0 Å². The molecule has 156 valence electrons. The number of likely N-dealkylation sites (tertiary alicyclic amines) is 1. The molecule has 2 aliphatic rings. The van der Waals surface area contributed by atoms with Crippen molar-refractivity contribution >= 4 is 11.6 Å². The molecule has 2 aliphatic heterocycles. The zero-order valence-electron chi connectivity index (χ0n) is 17.9. The summed E-state index contributed by atoms with van der Waals surface area (Å²) in [6.45, 7) is 10.2. The highest BCUT2D eigenvalue weighted by atomic mass is 16.3. The normalized spacial score (nSPS) is 20.0. The zero-order valence-corrected chi connectivity index (χ0v) is 17.9. The van der Waals surface area contributed by atoms with E-state index >= 15 is 0 Å². The van der Waals surface area contributed by atoms with E-state index < -0.39 is 0 Å². The number of para-hydroxylation sites is 1. The van der Waals surface area contributed by atoms with Gasteiger partial charge in [0.1, 0.15) is 5.76 Å². The van der Waals surface area contributed by atoms with Gasteiger partial charge >= 0.3 is 0 Å². The van der Waals surface area contributed by atoms with E-state index in [1.54, 1.807) is 12.3 Å². The molecule has 5 nitrogen and oxygen atoms in total. The summed E-state index contributed by atoms with van der Waals surface area (Å²) in [5.41, 5.74) is 3.22. The van der Waals surface area contributed by atoms with E-state index in [0.29, 0.717) is 24.7 Å². The molecule has 3 heterocycles. The quantitative estimate of drug-likeness (QED) is 0.795. The molecule has 29 heavy (non-hydrogen) atoms. The highest BCUT2D eigenvalue weighted by Gasteiger charge is 2.30. The minimum Gasteiger partial charge on any atom is -0.467 e. The Labute approximate surface area is 174 Å². The summed E-state index contributed by atoms with van der Waals surface area (Å²) in [6.07, 6.45) is 6.47. The summed E-state index contributed by atoms with van der Waals surface area (Å²) in [5, 5.41) is 3.16. The second-order valence-corrected chi connectivity index (χ2v) is 9.11. The SMILES string of the molecule is CC1Cc2ccccc2N1Cc1occc1C(=O)NCC(C)(C)N1CCCCC1. The van der Waals surface area contributed by atoms with Crippen molar-refractivity contribution in [2.24, 2.45) is 0 Å². The predicted octanol–water partition coefficient (Wildman–Crippen LogP) is 4.23. The first-order valence-electron chi connectivity index (χ1n) is 10.9. The monoisotopic (exact) mass is 395 g/mol. The van der Waals surface area contributed by atoms with Gasteiger partial charge in [0.25, 0.3) is 5.91 Å². The van der Waals surface area contributed by atoms with Crippen LogP contribution in [0.25, 0.3) is 0 Å². The van der Waals surface area contributed by atoms with Crippen LogP contribution in [0.4, 0.5) is 5.69 Å². The van der Waals surface area contributed by atoms with Crippen molar-refractivity contribution in [2.45, 2.75) is 64.6 Å². The van der Waals surface area contributed by atoms with Crippen LogP contribution in [-0.4, -0.2) is 42.0 Å². The maximum atomic E-state index is 12.9. The third-order valence-electron chi connectivity index (χ3n) is 6.55. The molecule has 1 amide bonds. The van der Waals surface area contributed by atoms with Crippen LogP contribution in [0.5, 0.6) is 0 Å². The van der Waals surface area contributed by atoms with Gasteiger partial charge in [-0.2, -0.15) is 0 Å². The standard InChI is InChI=1S/C24H33N3O2/c1-18-15-19-9-5-6-10-21(19)27(18)16-22-20(11-14-29-22)23(28)25-17-24(2,3)26-12-7-4-8-13-26/h5-6,9-11,14,18H,4,7-8,12-13,15-17H2,1-3H3,(H,25,28). The number of hydrogen-bond donors (Lipinski definition) is 1. The van der Waals surface area contributed by atoms with Crippen molar-refractivity contribution in [3.63, 3.8) is 0 Å².